The smallest absolute Gasteiger partial charge is 0.251 e. The summed E-state index contributed by atoms with van der Waals surface area (Å²) in [4.78, 5) is 12.0. The van der Waals surface area contributed by atoms with E-state index in [-0.39, 0.29) is 24.8 Å². The topological polar surface area (TPSA) is 66.5 Å². The second kappa shape index (κ2) is 7.55. The Balaban J connectivity index is 1.96. The van der Waals surface area contributed by atoms with Crippen LogP contribution in [0.5, 0.6) is 0 Å². The third-order valence-electron chi connectivity index (χ3n) is 3.58. The molecule has 128 valence electrons. The van der Waals surface area contributed by atoms with Gasteiger partial charge < -0.3 is 5.32 Å². The molecule has 0 aliphatic rings. The number of halogens is 1. The van der Waals surface area contributed by atoms with Crippen molar-refractivity contribution in [2.24, 2.45) is 0 Å². The molecule has 2 rings (SSSR count). The predicted octanol–water partition coefficient (Wildman–Crippen LogP) is 2.11. The molecule has 5 nitrogen and oxygen atoms in total. The van der Waals surface area contributed by atoms with Gasteiger partial charge in [-0.15, -0.1) is 0 Å². The molecule has 0 atom stereocenters. The maximum absolute atomic E-state index is 13.2. The van der Waals surface area contributed by atoms with Gasteiger partial charge in [-0.2, -0.15) is 0 Å². The van der Waals surface area contributed by atoms with Crippen LogP contribution < -0.4 is 5.32 Å². The number of rotatable bonds is 6. The number of nitrogens with one attached hydrogen (secondary N) is 1. The van der Waals surface area contributed by atoms with Crippen LogP contribution in [-0.4, -0.2) is 45.0 Å². The number of carbonyl (C=O) groups is 1. The minimum absolute atomic E-state index is 0.200. The predicted molar refractivity (Wildman–Crippen MR) is 91.6 cm³/mol. The lowest BCUT2D eigenvalue weighted by Crippen LogP contribution is -2.35. The quantitative estimate of drug-likeness (QED) is 0.868. The summed E-state index contributed by atoms with van der Waals surface area (Å²) < 4.78 is 36.9. The van der Waals surface area contributed by atoms with Crippen LogP contribution in [0.15, 0.2) is 48.5 Å². The first-order valence-electron chi connectivity index (χ1n) is 7.33. The molecule has 0 fully saturated rings. The van der Waals surface area contributed by atoms with Gasteiger partial charge in [0.25, 0.3) is 5.91 Å². The number of amides is 1. The number of hydrogen-bond acceptors (Lipinski definition) is 3. The Hall–Kier alpha value is -2.25. The third kappa shape index (κ3) is 4.87. The molecule has 0 spiro atoms. The number of sulfonamides is 1. The molecule has 0 aliphatic carbocycles. The van der Waals surface area contributed by atoms with E-state index >= 15 is 0 Å². The number of nitrogens with zero attached hydrogens (tertiary/aromatic N) is 1. The molecule has 0 saturated carbocycles. The second-order valence-electron chi connectivity index (χ2n) is 5.43. The van der Waals surface area contributed by atoms with Crippen molar-refractivity contribution in [3.05, 3.63) is 59.9 Å². The highest BCUT2D eigenvalue weighted by molar-refractivity contribution is 7.88. The van der Waals surface area contributed by atoms with Crippen LogP contribution in [0.1, 0.15) is 10.4 Å². The molecular weight excluding hydrogens is 331 g/mol. The lowest BCUT2D eigenvalue weighted by atomic mass is 10.0. The second-order valence-corrected chi connectivity index (χ2v) is 7.52. The van der Waals surface area contributed by atoms with Crippen LogP contribution >= 0.6 is 0 Å². The summed E-state index contributed by atoms with van der Waals surface area (Å²) in [5, 5.41) is 2.67. The number of likely N-dealkylation sites (N-methyl/N-ethyl adjacent to an activating group) is 1. The first kappa shape index (κ1) is 18.1. The molecule has 0 aromatic heterocycles. The van der Waals surface area contributed by atoms with Crippen molar-refractivity contribution in [2.45, 2.75) is 0 Å². The van der Waals surface area contributed by atoms with Gasteiger partial charge in [0, 0.05) is 25.7 Å². The molecule has 0 radical (unpaired) electrons. The number of hydrogen-bond donors (Lipinski definition) is 1. The van der Waals surface area contributed by atoms with Crippen molar-refractivity contribution in [3.8, 4) is 11.1 Å². The highest BCUT2D eigenvalue weighted by atomic mass is 32.2. The summed E-state index contributed by atoms with van der Waals surface area (Å²) in [6.07, 6.45) is 1.11. The van der Waals surface area contributed by atoms with Crippen LogP contribution in [0.3, 0.4) is 0 Å². The fourth-order valence-electron chi connectivity index (χ4n) is 2.08. The van der Waals surface area contributed by atoms with E-state index in [9.17, 15) is 17.6 Å². The molecule has 0 unspecified atom stereocenters. The third-order valence-corrected chi connectivity index (χ3v) is 4.90. The van der Waals surface area contributed by atoms with E-state index in [2.05, 4.69) is 5.32 Å². The average Bonchev–Trinajstić information content (AvgIpc) is 2.54. The molecule has 2 aromatic rings. The Morgan fingerprint density at radius 2 is 1.79 bits per heavy atom. The average molecular weight is 350 g/mol. The molecule has 0 aliphatic heterocycles. The lowest BCUT2D eigenvalue weighted by Gasteiger charge is -2.14. The van der Waals surface area contributed by atoms with Gasteiger partial charge in [-0.1, -0.05) is 24.3 Å². The summed E-state index contributed by atoms with van der Waals surface area (Å²) in [6, 6.07) is 13.0. The SMILES string of the molecule is CN(CCNC(=O)c1ccc(-c2cccc(F)c2)cc1)S(C)(=O)=O. The summed E-state index contributed by atoms with van der Waals surface area (Å²) in [7, 11) is -1.80. The van der Waals surface area contributed by atoms with Gasteiger partial charge in [0.2, 0.25) is 10.0 Å². The molecule has 0 heterocycles. The molecule has 0 saturated heterocycles. The standard InChI is InChI=1S/C17H19FN2O3S/c1-20(24(2,22)23)11-10-19-17(21)14-8-6-13(7-9-14)15-4-3-5-16(18)12-15/h3-9,12H,10-11H2,1-2H3,(H,19,21). The van der Waals surface area contributed by atoms with E-state index in [1.165, 1.54) is 23.5 Å². The van der Waals surface area contributed by atoms with Crippen LogP contribution in [-0.2, 0) is 10.0 Å². The Labute approximate surface area is 141 Å². The molecule has 1 amide bonds. The maximum atomic E-state index is 13.2. The Bertz CT molecular complexity index is 820. The minimum atomic E-state index is -3.25. The Morgan fingerprint density at radius 1 is 1.12 bits per heavy atom. The summed E-state index contributed by atoms with van der Waals surface area (Å²) >= 11 is 0. The fraction of sp³-hybridized carbons (Fsp3) is 0.235. The van der Waals surface area contributed by atoms with Crippen LogP contribution in [0.4, 0.5) is 4.39 Å². The summed E-state index contributed by atoms with van der Waals surface area (Å²) in [6.45, 7) is 0.417. The number of benzene rings is 2. The zero-order chi connectivity index (χ0) is 17.7. The highest BCUT2D eigenvalue weighted by Gasteiger charge is 2.11. The van der Waals surface area contributed by atoms with Crippen LogP contribution in [0.25, 0.3) is 11.1 Å². The van der Waals surface area contributed by atoms with Crippen molar-refractivity contribution in [3.63, 3.8) is 0 Å². The van der Waals surface area contributed by atoms with Crippen molar-refractivity contribution in [2.75, 3.05) is 26.4 Å². The van der Waals surface area contributed by atoms with E-state index in [1.54, 1.807) is 36.4 Å². The fourth-order valence-corrected chi connectivity index (χ4v) is 2.50. The molecule has 7 heteroatoms. The van der Waals surface area contributed by atoms with Crippen molar-refractivity contribution in [1.29, 1.82) is 0 Å². The zero-order valence-electron chi connectivity index (χ0n) is 13.5. The van der Waals surface area contributed by atoms with Gasteiger partial charge in [-0.3, -0.25) is 4.79 Å². The van der Waals surface area contributed by atoms with Crippen molar-refractivity contribution < 1.29 is 17.6 Å². The molecule has 24 heavy (non-hydrogen) atoms. The zero-order valence-corrected chi connectivity index (χ0v) is 14.3. The Kier molecular flexibility index (Phi) is 5.69. The van der Waals surface area contributed by atoms with Gasteiger partial charge in [0.1, 0.15) is 5.82 Å². The van der Waals surface area contributed by atoms with Gasteiger partial charge in [-0.25, -0.2) is 17.1 Å². The van der Waals surface area contributed by atoms with E-state index in [0.717, 1.165) is 17.4 Å². The molecule has 2 aromatic carbocycles. The van der Waals surface area contributed by atoms with E-state index < -0.39 is 10.0 Å². The van der Waals surface area contributed by atoms with Crippen molar-refractivity contribution >= 4 is 15.9 Å². The monoisotopic (exact) mass is 350 g/mol. The van der Waals surface area contributed by atoms with Gasteiger partial charge in [0.15, 0.2) is 0 Å². The number of carbonyl (C=O) groups excluding carboxylic acids is 1. The molecule has 1 N–H and O–H groups in total. The van der Waals surface area contributed by atoms with Gasteiger partial charge >= 0.3 is 0 Å². The maximum Gasteiger partial charge on any atom is 0.251 e. The minimum Gasteiger partial charge on any atom is -0.351 e. The highest BCUT2D eigenvalue weighted by Crippen LogP contribution is 2.20. The van der Waals surface area contributed by atoms with Crippen LogP contribution in [0, 0.1) is 5.82 Å². The van der Waals surface area contributed by atoms with Crippen molar-refractivity contribution in [1.82, 2.24) is 9.62 Å². The van der Waals surface area contributed by atoms with E-state index in [1.807, 2.05) is 0 Å². The van der Waals surface area contributed by atoms with Gasteiger partial charge in [0.05, 0.1) is 6.26 Å². The molecular formula is C17H19FN2O3S. The van der Waals surface area contributed by atoms with E-state index in [0.29, 0.717) is 5.56 Å². The first-order chi connectivity index (χ1) is 11.3. The van der Waals surface area contributed by atoms with Gasteiger partial charge in [-0.05, 0) is 35.4 Å². The van der Waals surface area contributed by atoms with E-state index in [4.69, 9.17) is 0 Å². The largest absolute Gasteiger partial charge is 0.351 e. The van der Waals surface area contributed by atoms with Crippen LogP contribution in [0.2, 0.25) is 0 Å². The molecule has 0 bridgehead atoms. The summed E-state index contributed by atoms with van der Waals surface area (Å²) in [5.74, 6) is -0.605. The first-order valence-corrected chi connectivity index (χ1v) is 9.18. The Morgan fingerprint density at radius 3 is 2.38 bits per heavy atom. The lowest BCUT2D eigenvalue weighted by molar-refractivity contribution is 0.0952. The summed E-state index contributed by atoms with van der Waals surface area (Å²) in [5.41, 5.74) is 2.00. The normalized spacial score (nSPS) is 11.5.